The minimum absolute atomic E-state index is 0.327. The zero-order chi connectivity index (χ0) is 11.5. The van der Waals surface area contributed by atoms with Crippen LogP contribution < -0.4 is 0 Å². The molecule has 0 N–H and O–H groups in total. The van der Waals surface area contributed by atoms with Gasteiger partial charge in [-0.15, -0.1) is 11.8 Å². The first-order valence-corrected chi connectivity index (χ1v) is 7.12. The zero-order valence-electron chi connectivity index (χ0n) is 9.08. The molecular formula is C12H14Cl2OS. The molecule has 0 aliphatic carbocycles. The Hall–Kier alpha value is 0.110. The monoisotopic (exact) mass is 276 g/mol. The highest BCUT2D eigenvalue weighted by Crippen LogP contribution is 2.31. The molecule has 0 bridgehead atoms. The van der Waals surface area contributed by atoms with Crippen LogP contribution in [0.15, 0.2) is 18.2 Å². The van der Waals surface area contributed by atoms with Crippen molar-refractivity contribution in [3.05, 3.63) is 33.8 Å². The van der Waals surface area contributed by atoms with Gasteiger partial charge in [0.1, 0.15) is 5.44 Å². The van der Waals surface area contributed by atoms with Crippen LogP contribution in [0.1, 0.15) is 18.9 Å². The van der Waals surface area contributed by atoms with Crippen molar-refractivity contribution in [3.63, 3.8) is 0 Å². The number of ether oxygens (including phenoxy) is 1. The molecule has 0 aromatic heterocycles. The molecule has 88 valence electrons. The van der Waals surface area contributed by atoms with Gasteiger partial charge in [0.2, 0.25) is 0 Å². The van der Waals surface area contributed by atoms with E-state index in [1.165, 1.54) is 0 Å². The lowest BCUT2D eigenvalue weighted by molar-refractivity contribution is 0.166. The SMILES string of the molecule is C[C@H]1COC(SCc2cc(Cl)cc(Cl)c2)C1. The van der Waals surface area contributed by atoms with Crippen molar-refractivity contribution in [3.8, 4) is 0 Å². The summed E-state index contributed by atoms with van der Waals surface area (Å²) in [6.45, 7) is 3.10. The van der Waals surface area contributed by atoms with Gasteiger partial charge >= 0.3 is 0 Å². The summed E-state index contributed by atoms with van der Waals surface area (Å²) < 4.78 is 5.64. The molecule has 1 fully saturated rings. The predicted octanol–water partition coefficient (Wildman–Crippen LogP) is 4.61. The molecule has 1 nitrogen and oxygen atoms in total. The van der Waals surface area contributed by atoms with Crippen LogP contribution in [0.25, 0.3) is 0 Å². The molecule has 1 aromatic carbocycles. The maximum Gasteiger partial charge on any atom is 0.103 e. The molecule has 1 saturated heterocycles. The topological polar surface area (TPSA) is 9.23 Å². The molecule has 1 unspecified atom stereocenters. The van der Waals surface area contributed by atoms with E-state index in [0.29, 0.717) is 21.4 Å². The van der Waals surface area contributed by atoms with Crippen molar-refractivity contribution in [2.75, 3.05) is 6.61 Å². The maximum absolute atomic E-state index is 5.94. The van der Waals surface area contributed by atoms with E-state index < -0.39 is 0 Å². The van der Waals surface area contributed by atoms with Gasteiger partial charge in [0.25, 0.3) is 0 Å². The summed E-state index contributed by atoms with van der Waals surface area (Å²) in [5.41, 5.74) is 1.48. The molecule has 2 atom stereocenters. The van der Waals surface area contributed by atoms with Crippen molar-refractivity contribution in [2.45, 2.75) is 24.5 Å². The lowest BCUT2D eigenvalue weighted by atomic mass is 10.2. The Labute approximate surface area is 110 Å². The predicted molar refractivity (Wildman–Crippen MR) is 71.3 cm³/mol. The molecule has 4 heteroatoms. The fourth-order valence-electron chi connectivity index (χ4n) is 1.74. The first-order valence-electron chi connectivity index (χ1n) is 5.31. The lowest BCUT2D eigenvalue weighted by Gasteiger charge is -2.09. The summed E-state index contributed by atoms with van der Waals surface area (Å²) in [7, 11) is 0. The third kappa shape index (κ3) is 3.56. The Kier molecular flexibility index (Phi) is 4.42. The van der Waals surface area contributed by atoms with Gasteiger partial charge in [0, 0.05) is 15.8 Å². The molecule has 1 aliphatic heterocycles. The van der Waals surface area contributed by atoms with Crippen molar-refractivity contribution in [1.29, 1.82) is 0 Å². The van der Waals surface area contributed by atoms with E-state index in [1.807, 2.05) is 23.9 Å². The summed E-state index contributed by atoms with van der Waals surface area (Å²) in [5.74, 6) is 1.58. The van der Waals surface area contributed by atoms with Crippen LogP contribution in [-0.2, 0) is 10.5 Å². The van der Waals surface area contributed by atoms with Crippen LogP contribution in [0, 0.1) is 5.92 Å². The maximum atomic E-state index is 5.94. The van der Waals surface area contributed by atoms with Gasteiger partial charge in [-0.2, -0.15) is 0 Å². The number of rotatable bonds is 3. The van der Waals surface area contributed by atoms with E-state index >= 15 is 0 Å². The van der Waals surface area contributed by atoms with Gasteiger partial charge in [-0.25, -0.2) is 0 Å². The summed E-state index contributed by atoms with van der Waals surface area (Å²) in [6, 6.07) is 5.67. The molecule has 1 aliphatic rings. The minimum atomic E-state index is 0.327. The number of hydrogen-bond donors (Lipinski definition) is 0. The summed E-state index contributed by atoms with van der Waals surface area (Å²) in [6.07, 6.45) is 1.14. The molecule has 0 amide bonds. The van der Waals surface area contributed by atoms with Crippen molar-refractivity contribution in [2.24, 2.45) is 5.92 Å². The average molecular weight is 277 g/mol. The quantitative estimate of drug-likeness (QED) is 0.798. The van der Waals surface area contributed by atoms with E-state index in [0.717, 1.165) is 24.3 Å². The summed E-state index contributed by atoms with van der Waals surface area (Å²) >= 11 is 13.7. The summed E-state index contributed by atoms with van der Waals surface area (Å²) in [5, 5.41) is 1.40. The highest BCUT2D eigenvalue weighted by atomic mass is 35.5. The Morgan fingerprint density at radius 2 is 2.00 bits per heavy atom. The standard InChI is InChI=1S/C12H14Cl2OS/c1-8-2-12(15-6-8)16-7-9-3-10(13)5-11(14)4-9/h3-5,8,12H,2,6-7H2,1H3/t8-,12?/m1/s1. The Balaban J connectivity index is 1.89. The smallest absolute Gasteiger partial charge is 0.103 e. The van der Waals surface area contributed by atoms with Gasteiger partial charge in [-0.3, -0.25) is 0 Å². The van der Waals surface area contributed by atoms with Gasteiger partial charge in [-0.1, -0.05) is 30.1 Å². The molecule has 16 heavy (non-hydrogen) atoms. The van der Waals surface area contributed by atoms with Gasteiger partial charge < -0.3 is 4.74 Å². The van der Waals surface area contributed by atoms with E-state index in [4.69, 9.17) is 27.9 Å². The van der Waals surface area contributed by atoms with E-state index in [-0.39, 0.29) is 0 Å². The highest BCUT2D eigenvalue weighted by molar-refractivity contribution is 7.99. The van der Waals surface area contributed by atoms with Crippen molar-refractivity contribution < 1.29 is 4.74 Å². The van der Waals surface area contributed by atoms with E-state index in [1.54, 1.807) is 6.07 Å². The molecule has 2 rings (SSSR count). The second-order valence-electron chi connectivity index (χ2n) is 4.19. The molecule has 0 radical (unpaired) electrons. The van der Waals surface area contributed by atoms with Crippen LogP contribution in [0.2, 0.25) is 10.0 Å². The fraction of sp³-hybridized carbons (Fsp3) is 0.500. The summed E-state index contributed by atoms with van der Waals surface area (Å²) in [4.78, 5) is 0. The first-order chi connectivity index (χ1) is 7.63. The number of thioether (sulfide) groups is 1. The molecule has 0 saturated carbocycles. The number of hydrogen-bond acceptors (Lipinski definition) is 2. The lowest BCUT2D eigenvalue weighted by Crippen LogP contribution is -1.99. The van der Waals surface area contributed by atoms with Crippen molar-refractivity contribution >= 4 is 35.0 Å². The van der Waals surface area contributed by atoms with Crippen LogP contribution in [0.3, 0.4) is 0 Å². The fourth-order valence-corrected chi connectivity index (χ4v) is 3.49. The Bertz CT molecular complexity index is 350. The molecule has 1 heterocycles. The van der Waals surface area contributed by atoms with E-state index in [2.05, 4.69) is 6.92 Å². The normalized spacial score (nSPS) is 24.9. The van der Waals surface area contributed by atoms with Gasteiger partial charge in [0.15, 0.2) is 0 Å². The number of benzene rings is 1. The average Bonchev–Trinajstić information content (AvgIpc) is 2.60. The largest absolute Gasteiger partial charge is 0.367 e. The third-order valence-electron chi connectivity index (χ3n) is 2.52. The Morgan fingerprint density at radius 3 is 2.56 bits per heavy atom. The zero-order valence-corrected chi connectivity index (χ0v) is 11.4. The number of halogens is 2. The highest BCUT2D eigenvalue weighted by Gasteiger charge is 2.22. The molecular weight excluding hydrogens is 263 g/mol. The minimum Gasteiger partial charge on any atom is -0.367 e. The van der Waals surface area contributed by atoms with Gasteiger partial charge in [0.05, 0.1) is 6.61 Å². The second-order valence-corrected chi connectivity index (χ2v) is 6.21. The third-order valence-corrected chi connectivity index (χ3v) is 4.16. The van der Waals surface area contributed by atoms with Crippen LogP contribution in [0.5, 0.6) is 0 Å². The van der Waals surface area contributed by atoms with Crippen LogP contribution in [0.4, 0.5) is 0 Å². The van der Waals surface area contributed by atoms with Crippen molar-refractivity contribution in [1.82, 2.24) is 0 Å². The molecule has 1 aromatic rings. The van der Waals surface area contributed by atoms with Crippen LogP contribution in [-0.4, -0.2) is 12.0 Å². The van der Waals surface area contributed by atoms with Crippen LogP contribution >= 0.6 is 35.0 Å². The van der Waals surface area contributed by atoms with Gasteiger partial charge in [-0.05, 0) is 36.1 Å². The first kappa shape index (κ1) is 12.6. The molecule has 0 spiro atoms. The van der Waals surface area contributed by atoms with E-state index in [9.17, 15) is 0 Å². The second kappa shape index (κ2) is 5.63. The Morgan fingerprint density at radius 1 is 1.31 bits per heavy atom.